The summed E-state index contributed by atoms with van der Waals surface area (Å²) in [5.74, 6) is 0.831. The molecule has 26 heavy (non-hydrogen) atoms. The third kappa shape index (κ3) is 4.65. The maximum Gasteiger partial charge on any atom is 0.275 e. The smallest absolute Gasteiger partial charge is 0.275 e. The fourth-order valence-corrected chi connectivity index (χ4v) is 3.05. The van der Waals surface area contributed by atoms with Crippen molar-refractivity contribution < 1.29 is 14.0 Å². The highest BCUT2D eigenvalue weighted by molar-refractivity contribution is 5.92. The van der Waals surface area contributed by atoms with Crippen molar-refractivity contribution in [3.63, 3.8) is 0 Å². The Kier molecular flexibility index (Phi) is 5.60. The zero-order valence-electron chi connectivity index (χ0n) is 15.1. The predicted molar refractivity (Wildman–Crippen MR) is 93.1 cm³/mol. The van der Waals surface area contributed by atoms with Gasteiger partial charge in [0.25, 0.3) is 5.91 Å². The van der Waals surface area contributed by atoms with Crippen LogP contribution in [0.15, 0.2) is 23.1 Å². The zero-order chi connectivity index (χ0) is 18.5. The van der Waals surface area contributed by atoms with Crippen molar-refractivity contribution in [1.82, 2.24) is 25.2 Å². The summed E-state index contributed by atoms with van der Waals surface area (Å²) in [5, 5.41) is 2.70. The molecule has 3 rings (SSSR count). The van der Waals surface area contributed by atoms with E-state index in [1.54, 1.807) is 19.3 Å². The van der Waals surface area contributed by atoms with Crippen LogP contribution in [0.2, 0.25) is 0 Å². The highest BCUT2D eigenvalue weighted by Crippen LogP contribution is 2.22. The summed E-state index contributed by atoms with van der Waals surface area (Å²) in [6, 6.07) is 0. The van der Waals surface area contributed by atoms with Gasteiger partial charge in [-0.1, -0.05) is 0 Å². The number of oxazole rings is 1. The van der Waals surface area contributed by atoms with Gasteiger partial charge in [-0.25, -0.2) is 4.98 Å². The Balaban J connectivity index is 1.48. The summed E-state index contributed by atoms with van der Waals surface area (Å²) in [7, 11) is 0. The second-order valence-corrected chi connectivity index (χ2v) is 6.60. The van der Waals surface area contributed by atoms with Crippen molar-refractivity contribution in [2.24, 2.45) is 5.92 Å². The summed E-state index contributed by atoms with van der Waals surface area (Å²) in [5.41, 5.74) is 2.06. The molecule has 138 valence electrons. The van der Waals surface area contributed by atoms with Crippen molar-refractivity contribution in [2.75, 3.05) is 13.1 Å². The molecule has 1 aliphatic heterocycles. The van der Waals surface area contributed by atoms with Crippen LogP contribution < -0.4 is 5.32 Å². The lowest BCUT2D eigenvalue weighted by Crippen LogP contribution is -2.39. The topological polar surface area (TPSA) is 101 Å². The van der Waals surface area contributed by atoms with E-state index in [0.717, 1.165) is 30.7 Å². The Bertz CT molecular complexity index is 763. The second-order valence-electron chi connectivity index (χ2n) is 6.60. The number of hydrogen-bond acceptors (Lipinski definition) is 6. The van der Waals surface area contributed by atoms with Gasteiger partial charge in [-0.15, -0.1) is 0 Å². The van der Waals surface area contributed by atoms with E-state index in [1.165, 1.54) is 13.2 Å². The van der Waals surface area contributed by atoms with E-state index in [2.05, 4.69) is 20.3 Å². The number of aryl methyl sites for hydroxylation is 1. The van der Waals surface area contributed by atoms with E-state index in [9.17, 15) is 9.59 Å². The van der Waals surface area contributed by atoms with Crippen LogP contribution in [0.25, 0.3) is 0 Å². The number of amides is 2. The molecule has 2 aromatic rings. The molecule has 1 saturated heterocycles. The lowest BCUT2D eigenvalue weighted by molar-refractivity contribution is -0.119. The van der Waals surface area contributed by atoms with Crippen LogP contribution in [0.3, 0.4) is 0 Å². The van der Waals surface area contributed by atoms with Gasteiger partial charge in [0.05, 0.1) is 24.1 Å². The van der Waals surface area contributed by atoms with Crippen LogP contribution in [0.4, 0.5) is 0 Å². The Labute approximate surface area is 152 Å². The maximum atomic E-state index is 12.4. The number of likely N-dealkylation sites (tertiary alicyclic amines) is 1. The molecule has 1 fully saturated rings. The first-order chi connectivity index (χ1) is 12.5. The number of carbonyl (C=O) groups is 2. The average molecular weight is 357 g/mol. The molecule has 0 radical (unpaired) electrons. The third-order valence-electron chi connectivity index (χ3n) is 4.51. The van der Waals surface area contributed by atoms with E-state index in [-0.39, 0.29) is 11.8 Å². The first-order valence-corrected chi connectivity index (χ1v) is 8.77. The highest BCUT2D eigenvalue weighted by Gasteiger charge is 2.25. The van der Waals surface area contributed by atoms with Crippen molar-refractivity contribution in [2.45, 2.75) is 39.7 Å². The van der Waals surface area contributed by atoms with Gasteiger partial charge in [0.1, 0.15) is 6.26 Å². The van der Waals surface area contributed by atoms with E-state index in [0.29, 0.717) is 37.1 Å². The SMILES string of the molecule is CC(=O)NCc1cnc(CC2CCN(C(=O)c3coc(C)n3)CC2)cn1. The minimum absolute atomic E-state index is 0.0672. The molecule has 0 unspecified atom stereocenters. The molecule has 2 amide bonds. The second kappa shape index (κ2) is 8.07. The summed E-state index contributed by atoms with van der Waals surface area (Å²) < 4.78 is 5.12. The van der Waals surface area contributed by atoms with E-state index >= 15 is 0 Å². The van der Waals surface area contributed by atoms with Gasteiger partial charge in [-0.3, -0.25) is 19.6 Å². The minimum Gasteiger partial charge on any atom is -0.448 e. The highest BCUT2D eigenvalue weighted by atomic mass is 16.3. The van der Waals surface area contributed by atoms with Crippen molar-refractivity contribution in [3.8, 4) is 0 Å². The number of nitrogens with one attached hydrogen (secondary N) is 1. The lowest BCUT2D eigenvalue weighted by Gasteiger charge is -2.31. The van der Waals surface area contributed by atoms with Crippen molar-refractivity contribution >= 4 is 11.8 Å². The van der Waals surface area contributed by atoms with Gasteiger partial charge >= 0.3 is 0 Å². The van der Waals surface area contributed by atoms with Gasteiger partial charge in [0.15, 0.2) is 11.6 Å². The molecule has 1 N–H and O–H groups in total. The van der Waals surface area contributed by atoms with Crippen LogP contribution in [-0.2, 0) is 17.8 Å². The Morgan fingerprint density at radius 1 is 1.23 bits per heavy atom. The van der Waals surface area contributed by atoms with Gasteiger partial charge in [-0.2, -0.15) is 0 Å². The van der Waals surface area contributed by atoms with Crippen molar-refractivity contribution in [3.05, 3.63) is 41.6 Å². The molecule has 0 spiro atoms. The molecule has 0 atom stereocenters. The van der Waals surface area contributed by atoms with Crippen LogP contribution >= 0.6 is 0 Å². The van der Waals surface area contributed by atoms with Gasteiger partial charge in [-0.05, 0) is 25.2 Å². The fraction of sp³-hybridized carbons (Fsp3) is 0.500. The third-order valence-corrected chi connectivity index (χ3v) is 4.51. The standard InChI is InChI=1S/C18H23N5O3/c1-12(24)19-9-16-10-20-15(8-21-16)7-14-3-5-23(6-4-14)18(25)17-11-26-13(2)22-17/h8,10-11,14H,3-7,9H2,1-2H3,(H,19,24). The Morgan fingerprint density at radius 3 is 2.50 bits per heavy atom. The fourth-order valence-electron chi connectivity index (χ4n) is 3.05. The van der Waals surface area contributed by atoms with Crippen LogP contribution in [0.1, 0.15) is 47.5 Å². The molecule has 8 heteroatoms. The molecule has 2 aromatic heterocycles. The molecule has 3 heterocycles. The molecule has 1 aliphatic rings. The Morgan fingerprint density at radius 2 is 1.92 bits per heavy atom. The summed E-state index contributed by atoms with van der Waals surface area (Å²) >= 11 is 0. The van der Waals surface area contributed by atoms with E-state index in [1.807, 2.05) is 4.90 Å². The van der Waals surface area contributed by atoms with Gasteiger partial charge in [0.2, 0.25) is 5.91 Å². The largest absolute Gasteiger partial charge is 0.448 e. The molecule has 8 nitrogen and oxygen atoms in total. The van der Waals surface area contributed by atoms with Gasteiger partial charge in [0, 0.05) is 33.1 Å². The van der Waals surface area contributed by atoms with Crippen LogP contribution in [0.5, 0.6) is 0 Å². The predicted octanol–water partition coefficient (Wildman–Crippen LogP) is 1.50. The molecule has 0 aliphatic carbocycles. The minimum atomic E-state index is -0.0852. The van der Waals surface area contributed by atoms with Crippen molar-refractivity contribution in [1.29, 1.82) is 0 Å². The van der Waals surface area contributed by atoms with E-state index < -0.39 is 0 Å². The van der Waals surface area contributed by atoms with E-state index in [4.69, 9.17) is 4.42 Å². The zero-order valence-corrected chi connectivity index (χ0v) is 15.1. The van der Waals surface area contributed by atoms with Crippen LogP contribution in [0, 0.1) is 12.8 Å². The van der Waals surface area contributed by atoms with Gasteiger partial charge < -0.3 is 14.6 Å². The number of piperidine rings is 1. The maximum absolute atomic E-state index is 12.4. The molecular formula is C18H23N5O3. The molecular weight excluding hydrogens is 334 g/mol. The lowest BCUT2D eigenvalue weighted by atomic mass is 9.92. The summed E-state index contributed by atoms with van der Waals surface area (Å²) in [6.07, 6.45) is 7.60. The summed E-state index contributed by atoms with van der Waals surface area (Å²) in [6.45, 7) is 5.02. The number of nitrogens with zero attached hydrogens (tertiary/aromatic N) is 4. The number of rotatable bonds is 5. The van der Waals surface area contributed by atoms with Crippen LogP contribution in [-0.4, -0.2) is 44.8 Å². The quantitative estimate of drug-likeness (QED) is 0.870. The molecule has 0 saturated carbocycles. The normalized spacial score (nSPS) is 15.1. The summed E-state index contributed by atoms with van der Waals surface area (Å²) in [4.78, 5) is 38.0. The molecule has 0 aromatic carbocycles. The number of aromatic nitrogens is 3. The number of hydrogen-bond donors (Lipinski definition) is 1. The Hall–Kier alpha value is -2.77. The monoisotopic (exact) mass is 357 g/mol. The average Bonchev–Trinajstić information content (AvgIpc) is 3.07. The number of carbonyl (C=O) groups excluding carboxylic acids is 2. The first kappa shape index (κ1) is 18.0. The first-order valence-electron chi connectivity index (χ1n) is 8.77. The molecule has 0 bridgehead atoms.